The highest BCUT2D eigenvalue weighted by molar-refractivity contribution is 7.88. The van der Waals surface area contributed by atoms with Crippen molar-refractivity contribution in [2.24, 2.45) is 0 Å². The Morgan fingerprint density at radius 1 is 1.32 bits per heavy atom. The van der Waals surface area contributed by atoms with Gasteiger partial charge in [0.1, 0.15) is 0 Å². The van der Waals surface area contributed by atoms with Crippen molar-refractivity contribution < 1.29 is 30.5 Å². The van der Waals surface area contributed by atoms with Crippen LogP contribution in [0.15, 0.2) is 12.1 Å². The molecule has 19 heavy (non-hydrogen) atoms. The molecule has 1 aromatic rings. The molecule has 0 atom stereocenters. The van der Waals surface area contributed by atoms with E-state index in [0.29, 0.717) is 0 Å². The van der Waals surface area contributed by atoms with Crippen molar-refractivity contribution in [3.63, 3.8) is 0 Å². The zero-order valence-electron chi connectivity index (χ0n) is 9.78. The predicted octanol–water partition coefficient (Wildman–Crippen LogP) is 2.10. The van der Waals surface area contributed by atoms with Crippen LogP contribution in [0.1, 0.15) is 11.1 Å². The first-order chi connectivity index (χ1) is 8.62. The summed E-state index contributed by atoms with van der Waals surface area (Å²) in [6, 6.07) is 4.02. The summed E-state index contributed by atoms with van der Waals surface area (Å²) in [7, 11) is -4.67. The molecule has 104 valence electrons. The van der Waals surface area contributed by atoms with Gasteiger partial charge in [0.15, 0.2) is 11.5 Å². The summed E-state index contributed by atoms with van der Waals surface area (Å²) >= 11 is 0. The molecule has 0 saturated carbocycles. The van der Waals surface area contributed by atoms with E-state index in [4.69, 9.17) is 10.00 Å². The Labute approximate surface area is 107 Å². The maximum atomic E-state index is 12.2. The molecule has 0 spiro atoms. The third-order valence-corrected chi connectivity index (χ3v) is 3.02. The van der Waals surface area contributed by atoms with Crippen LogP contribution in [0.3, 0.4) is 0 Å². The van der Waals surface area contributed by atoms with Gasteiger partial charge in [-0.1, -0.05) is 0 Å². The van der Waals surface area contributed by atoms with E-state index in [0.717, 1.165) is 13.2 Å². The van der Waals surface area contributed by atoms with E-state index in [1.807, 2.05) is 0 Å². The zero-order chi connectivity index (χ0) is 14.8. The molecule has 1 aromatic carbocycles. The van der Waals surface area contributed by atoms with Gasteiger partial charge >= 0.3 is 15.6 Å². The second-order valence-corrected chi connectivity index (χ2v) is 4.96. The van der Waals surface area contributed by atoms with Gasteiger partial charge in [-0.2, -0.15) is 26.9 Å². The molecule has 1 rings (SSSR count). The maximum Gasteiger partial charge on any atom is 0.534 e. The smallest absolute Gasteiger partial charge is 0.493 e. The van der Waals surface area contributed by atoms with Crippen molar-refractivity contribution in [3.05, 3.63) is 23.3 Å². The maximum absolute atomic E-state index is 12.2. The molecule has 9 heteroatoms. The third-order valence-electron chi connectivity index (χ3n) is 2.07. The van der Waals surface area contributed by atoms with Gasteiger partial charge in [-0.15, -0.1) is 0 Å². The fourth-order valence-electron chi connectivity index (χ4n) is 1.22. The van der Waals surface area contributed by atoms with Crippen molar-refractivity contribution in [1.82, 2.24) is 0 Å². The average molecular weight is 295 g/mol. The molecule has 0 N–H and O–H groups in total. The van der Waals surface area contributed by atoms with Crippen LogP contribution in [-0.2, 0) is 10.1 Å². The predicted molar refractivity (Wildman–Crippen MR) is 58.0 cm³/mol. The highest BCUT2D eigenvalue weighted by Crippen LogP contribution is 2.36. The minimum absolute atomic E-state index is 0.0312. The number of hydrogen-bond donors (Lipinski definition) is 0. The van der Waals surface area contributed by atoms with Gasteiger partial charge in [0.2, 0.25) is 0 Å². The Bertz CT molecular complexity index is 631. The quantitative estimate of drug-likeness (QED) is 0.630. The van der Waals surface area contributed by atoms with Crippen LogP contribution >= 0.6 is 0 Å². The molecule has 0 bridgehead atoms. The van der Waals surface area contributed by atoms with Crippen LogP contribution in [-0.4, -0.2) is 21.0 Å². The van der Waals surface area contributed by atoms with E-state index < -0.39 is 21.4 Å². The first-order valence-corrected chi connectivity index (χ1v) is 6.12. The SMILES string of the molecule is COc1cc(C#N)cc(C)c1OS(=O)(=O)C(F)(F)F. The Hall–Kier alpha value is -1.95. The number of nitriles is 1. The number of benzene rings is 1. The Morgan fingerprint density at radius 3 is 2.32 bits per heavy atom. The number of methoxy groups -OCH3 is 1. The van der Waals surface area contributed by atoms with E-state index in [2.05, 4.69) is 4.18 Å². The first-order valence-electron chi connectivity index (χ1n) is 4.72. The first kappa shape index (κ1) is 15.1. The molecule has 0 heterocycles. The molecule has 0 aliphatic rings. The van der Waals surface area contributed by atoms with Crippen molar-refractivity contribution >= 4 is 10.1 Å². The molecule has 0 radical (unpaired) electrons. The number of nitrogens with zero attached hydrogens (tertiary/aromatic N) is 1. The molecule has 0 aliphatic heterocycles. The minimum Gasteiger partial charge on any atom is -0.493 e. The monoisotopic (exact) mass is 295 g/mol. The molecular formula is C10H8F3NO4S. The van der Waals surface area contributed by atoms with Gasteiger partial charge in [-0.25, -0.2) is 0 Å². The summed E-state index contributed by atoms with van der Waals surface area (Å²) in [6.45, 7) is 1.30. The van der Waals surface area contributed by atoms with Crippen LogP contribution in [0.5, 0.6) is 11.5 Å². The fraction of sp³-hybridized carbons (Fsp3) is 0.300. The lowest BCUT2D eigenvalue weighted by Gasteiger charge is -2.14. The van der Waals surface area contributed by atoms with E-state index in [9.17, 15) is 21.6 Å². The molecule has 0 saturated heterocycles. The van der Waals surface area contributed by atoms with Crippen LogP contribution in [0.2, 0.25) is 0 Å². The van der Waals surface area contributed by atoms with E-state index in [1.54, 1.807) is 6.07 Å². The van der Waals surface area contributed by atoms with E-state index in [-0.39, 0.29) is 16.9 Å². The van der Waals surface area contributed by atoms with Crippen molar-refractivity contribution in [2.75, 3.05) is 7.11 Å². The molecule has 5 nitrogen and oxygen atoms in total. The highest BCUT2D eigenvalue weighted by Gasteiger charge is 2.49. The number of rotatable bonds is 3. The van der Waals surface area contributed by atoms with Crippen molar-refractivity contribution in [1.29, 1.82) is 5.26 Å². The number of alkyl halides is 3. The second-order valence-electron chi connectivity index (χ2n) is 3.42. The fourth-order valence-corrected chi connectivity index (χ4v) is 1.75. The summed E-state index contributed by atoms with van der Waals surface area (Å²) < 4.78 is 67.3. The summed E-state index contributed by atoms with van der Waals surface area (Å²) in [5.41, 5.74) is -5.41. The molecule has 0 aromatic heterocycles. The van der Waals surface area contributed by atoms with Crippen LogP contribution in [0.4, 0.5) is 13.2 Å². The molecular weight excluding hydrogens is 287 g/mol. The van der Waals surface area contributed by atoms with E-state index in [1.165, 1.54) is 13.0 Å². The number of halogens is 3. The van der Waals surface area contributed by atoms with Gasteiger partial charge in [0, 0.05) is 6.07 Å². The molecule has 0 unspecified atom stereocenters. The van der Waals surface area contributed by atoms with Crippen LogP contribution < -0.4 is 8.92 Å². The highest BCUT2D eigenvalue weighted by atomic mass is 32.2. The topological polar surface area (TPSA) is 76.4 Å². The lowest BCUT2D eigenvalue weighted by molar-refractivity contribution is -0.0500. The van der Waals surface area contributed by atoms with Gasteiger partial charge in [0.25, 0.3) is 0 Å². The summed E-state index contributed by atoms with van der Waals surface area (Å²) in [5, 5.41) is 8.69. The van der Waals surface area contributed by atoms with Gasteiger partial charge < -0.3 is 8.92 Å². The summed E-state index contributed by atoms with van der Waals surface area (Å²) in [5.74, 6) is -0.872. The minimum atomic E-state index is -5.79. The normalized spacial score (nSPS) is 11.8. The van der Waals surface area contributed by atoms with Gasteiger partial charge in [-0.05, 0) is 18.6 Å². The van der Waals surface area contributed by atoms with Crippen LogP contribution in [0.25, 0.3) is 0 Å². The van der Waals surface area contributed by atoms with Crippen molar-refractivity contribution in [2.45, 2.75) is 12.4 Å². The third kappa shape index (κ3) is 3.08. The number of aryl methyl sites for hydroxylation is 1. The van der Waals surface area contributed by atoms with Gasteiger partial charge in [0.05, 0.1) is 18.7 Å². The molecule has 0 amide bonds. The lowest BCUT2D eigenvalue weighted by atomic mass is 10.1. The standard InChI is InChI=1S/C10H8F3NO4S/c1-6-3-7(5-14)4-8(17-2)9(6)18-19(15,16)10(11,12)13/h3-4H,1-2H3. The Morgan fingerprint density at radius 2 is 1.89 bits per heavy atom. The van der Waals surface area contributed by atoms with Gasteiger partial charge in [-0.3, -0.25) is 0 Å². The summed E-state index contributed by atoms with van der Waals surface area (Å²) in [4.78, 5) is 0. The number of ether oxygens (including phenoxy) is 1. The lowest BCUT2D eigenvalue weighted by Crippen LogP contribution is -2.28. The largest absolute Gasteiger partial charge is 0.534 e. The Balaban J connectivity index is 3.34. The van der Waals surface area contributed by atoms with E-state index >= 15 is 0 Å². The zero-order valence-corrected chi connectivity index (χ0v) is 10.6. The number of hydrogen-bond acceptors (Lipinski definition) is 5. The average Bonchev–Trinajstić information content (AvgIpc) is 2.29. The van der Waals surface area contributed by atoms with Crippen molar-refractivity contribution in [3.8, 4) is 17.6 Å². The molecule has 0 aliphatic carbocycles. The Kier molecular flexibility index (Phi) is 3.95. The second kappa shape index (κ2) is 4.97. The summed E-state index contributed by atoms with van der Waals surface area (Å²) in [6.07, 6.45) is 0. The molecule has 0 fully saturated rings. The van der Waals surface area contributed by atoms with Crippen LogP contribution in [0, 0.1) is 18.3 Å².